The molecule has 0 N–H and O–H groups in total. The summed E-state index contributed by atoms with van der Waals surface area (Å²) in [7, 11) is 0. The number of hydrogen-bond donors (Lipinski definition) is 0. The molecule has 59 heavy (non-hydrogen) atoms. The molecule has 0 radical (unpaired) electrons. The zero-order valence-corrected chi connectivity index (χ0v) is 39.3. The van der Waals surface area contributed by atoms with Crippen LogP contribution < -0.4 is 19.4 Å². The molecule has 3 aromatic heterocycles. The Morgan fingerprint density at radius 3 is 1.53 bits per heavy atom. The minimum Gasteiger partial charge on any atom is -0.490 e. The van der Waals surface area contributed by atoms with E-state index in [2.05, 4.69) is 27.7 Å². The van der Waals surface area contributed by atoms with Gasteiger partial charge in [-0.15, -0.1) is 0 Å². The Labute approximate surface area is 377 Å². The Morgan fingerprint density at radius 1 is 0.508 bits per heavy atom. The van der Waals surface area contributed by atoms with E-state index in [4.69, 9.17) is 107 Å². The minimum atomic E-state index is 0. The molecule has 294 valence electrons. The average molecular weight is 936 g/mol. The Balaban J connectivity index is 0.00000484. The monoisotopic (exact) mass is 932 g/mol. The van der Waals surface area contributed by atoms with Crippen molar-refractivity contribution in [2.75, 3.05) is 13.2 Å². The Morgan fingerprint density at radius 2 is 0.949 bits per heavy atom. The van der Waals surface area contributed by atoms with Gasteiger partial charge in [-0.2, -0.15) is 0 Å². The second-order valence-corrected chi connectivity index (χ2v) is 16.9. The second-order valence-electron chi connectivity index (χ2n) is 15.0. The van der Waals surface area contributed by atoms with Crippen LogP contribution in [0.3, 0.4) is 0 Å². The van der Waals surface area contributed by atoms with Crippen molar-refractivity contribution in [2.45, 2.75) is 47.5 Å². The first kappa shape index (κ1) is 41.6. The number of fused-ring (bicyclic) bond motifs is 20. The first-order valence-corrected chi connectivity index (χ1v) is 20.7. The topological polar surface area (TPSA) is 124 Å². The molecule has 0 amide bonds. The molecule has 5 heterocycles. The third-order valence-corrected chi connectivity index (χ3v) is 12.2. The van der Waals surface area contributed by atoms with Crippen LogP contribution in [0.25, 0.3) is 89.7 Å². The van der Waals surface area contributed by atoms with Crippen LogP contribution in [0.4, 0.5) is 0 Å². The fourth-order valence-electron chi connectivity index (χ4n) is 7.06. The summed E-state index contributed by atoms with van der Waals surface area (Å²) in [6.07, 6.45) is 1.55. The van der Waals surface area contributed by atoms with Crippen LogP contribution in [0.1, 0.15) is 46.1 Å². The van der Waals surface area contributed by atoms with Crippen LogP contribution >= 0.6 is 58.0 Å². The van der Waals surface area contributed by atoms with Crippen molar-refractivity contribution in [3.63, 3.8) is 0 Å². The molecule has 2 aliphatic heterocycles. The quantitative estimate of drug-likeness (QED) is 0.107. The molecule has 0 spiro atoms. The van der Waals surface area contributed by atoms with E-state index in [1.165, 1.54) is 0 Å². The smallest absolute Gasteiger partial charge is 0.490 e. The predicted molar refractivity (Wildman–Crippen MR) is 234 cm³/mol. The van der Waals surface area contributed by atoms with Gasteiger partial charge in [-0.3, -0.25) is 0 Å². The Hall–Kier alpha value is -4.09. The van der Waals surface area contributed by atoms with E-state index in [-0.39, 0.29) is 68.3 Å². The van der Waals surface area contributed by atoms with Crippen LogP contribution in [0.15, 0.2) is 48.5 Å². The van der Waals surface area contributed by atoms with E-state index in [1.807, 2.05) is 55.5 Å². The SMILES string of the molecule is Cc1c(Cl)c(OCCC(C)C)c(Cl)c2c1-c1nc-2nc2[n-]c(nc3nc(nc4[n-]c(n1)c1ccccc41)-c1ccccc1-3)c1c(Cl)c(Cl)c(OCCC(C)C)c(Cl)c21.[Zn+2]. The van der Waals surface area contributed by atoms with Gasteiger partial charge in [0.15, 0.2) is 11.5 Å². The maximum Gasteiger partial charge on any atom is 2.00 e. The van der Waals surface area contributed by atoms with Gasteiger partial charge in [0.1, 0.15) is 5.02 Å². The van der Waals surface area contributed by atoms with E-state index in [1.54, 1.807) is 0 Å². The number of halogens is 5. The van der Waals surface area contributed by atoms with Crippen LogP contribution in [-0.4, -0.2) is 43.1 Å². The molecule has 0 saturated heterocycles. The number of nitrogens with zero attached hydrogens (tertiary/aromatic N) is 8. The van der Waals surface area contributed by atoms with Crippen molar-refractivity contribution >= 4 is 102 Å². The van der Waals surface area contributed by atoms with E-state index in [9.17, 15) is 0 Å². The largest absolute Gasteiger partial charge is 2.00 e. The summed E-state index contributed by atoms with van der Waals surface area (Å²) >= 11 is 35.6. The molecule has 0 unspecified atom stereocenters. The molecule has 16 heteroatoms. The van der Waals surface area contributed by atoms with Crippen LogP contribution in [0.5, 0.6) is 11.5 Å². The van der Waals surface area contributed by atoms with Gasteiger partial charge in [0.2, 0.25) is 0 Å². The molecule has 0 saturated carbocycles. The third-order valence-electron chi connectivity index (χ3n) is 10.1. The fourth-order valence-corrected chi connectivity index (χ4v) is 8.56. The Bertz CT molecular complexity index is 3020. The molecular formula is C43H33Cl5N8O2Zn. The van der Waals surface area contributed by atoms with Crippen molar-refractivity contribution in [2.24, 2.45) is 11.8 Å². The maximum absolute atomic E-state index is 7.28. The maximum atomic E-state index is 7.28. The molecule has 9 rings (SSSR count). The van der Waals surface area contributed by atoms with Gasteiger partial charge in [-0.05, 0) is 47.9 Å². The standard InChI is InChI=1S/C43H33Cl5N8O2.Zn/c1-18(2)14-16-57-34-29(44)20(5)25-26(31(34)46)41-54-40(25)52-38-23-12-8-6-10-21(23)36(50-38)49-37-22-11-7-9-13-24(22)39(51-37)53-42-27-28(43(55-41)56-42)32(47)35(33(48)30(27)45)58-17-15-19(3)4;/h6-13,18-19H,14-17H2,1-5H3;/q-2;+2. The fraction of sp³-hybridized carbons (Fsp3) is 0.256. The normalized spacial score (nSPS) is 12.0. The number of ether oxygens (including phenoxy) is 2. The minimum absolute atomic E-state index is 0. The summed E-state index contributed by atoms with van der Waals surface area (Å²) in [5.74, 6) is 2.55. The van der Waals surface area contributed by atoms with Crippen LogP contribution in [0, 0.1) is 18.8 Å². The van der Waals surface area contributed by atoms with E-state index in [0.717, 1.165) is 34.7 Å². The second kappa shape index (κ2) is 16.4. The summed E-state index contributed by atoms with van der Waals surface area (Å²) in [6, 6.07) is 15.4. The van der Waals surface area contributed by atoms with Crippen molar-refractivity contribution in [3.8, 4) is 57.1 Å². The number of hydrogen-bond acceptors (Lipinski definition) is 8. The van der Waals surface area contributed by atoms with E-state index >= 15 is 0 Å². The number of rotatable bonds is 8. The van der Waals surface area contributed by atoms with E-state index < -0.39 is 0 Å². The Kier molecular flexibility index (Phi) is 11.6. The van der Waals surface area contributed by atoms with Gasteiger partial charge in [0, 0.05) is 55.6 Å². The molecule has 2 aliphatic rings. The van der Waals surface area contributed by atoms with Gasteiger partial charge in [-0.1, -0.05) is 134 Å². The number of benzene rings is 4. The van der Waals surface area contributed by atoms with Crippen LogP contribution in [0.2, 0.25) is 25.1 Å². The molecule has 7 aromatic rings. The van der Waals surface area contributed by atoms with Crippen molar-refractivity contribution < 1.29 is 29.0 Å². The van der Waals surface area contributed by atoms with Gasteiger partial charge < -0.3 is 39.4 Å². The molecular weight excluding hydrogens is 903 g/mol. The average Bonchev–Trinajstić information content (AvgIpc) is 3.94. The van der Waals surface area contributed by atoms with E-state index in [0.29, 0.717) is 86.2 Å². The van der Waals surface area contributed by atoms with Crippen molar-refractivity contribution in [1.82, 2.24) is 39.9 Å². The molecule has 0 aliphatic carbocycles. The van der Waals surface area contributed by atoms with Gasteiger partial charge in [0.05, 0.1) is 56.6 Å². The summed E-state index contributed by atoms with van der Waals surface area (Å²) in [5.41, 5.74) is 4.32. The first-order chi connectivity index (χ1) is 27.9. The zero-order chi connectivity index (χ0) is 40.6. The zero-order valence-electron chi connectivity index (χ0n) is 32.6. The molecule has 8 bridgehead atoms. The molecule has 4 aromatic carbocycles. The van der Waals surface area contributed by atoms with Gasteiger partial charge in [-0.25, -0.2) is 9.97 Å². The molecule has 10 nitrogen and oxygen atoms in total. The molecule has 0 atom stereocenters. The summed E-state index contributed by atoms with van der Waals surface area (Å²) in [6.45, 7) is 11.1. The number of aromatic nitrogens is 8. The van der Waals surface area contributed by atoms with Crippen molar-refractivity contribution in [3.05, 3.63) is 79.2 Å². The predicted octanol–water partition coefficient (Wildman–Crippen LogP) is 12.6. The summed E-state index contributed by atoms with van der Waals surface area (Å²) in [5, 5.41) is 3.26. The first-order valence-electron chi connectivity index (χ1n) is 18.8. The van der Waals surface area contributed by atoms with Crippen molar-refractivity contribution in [1.29, 1.82) is 0 Å². The summed E-state index contributed by atoms with van der Waals surface area (Å²) in [4.78, 5) is 40.0. The van der Waals surface area contributed by atoms with Gasteiger partial charge >= 0.3 is 19.5 Å². The third kappa shape index (κ3) is 7.21. The van der Waals surface area contributed by atoms with Crippen LogP contribution in [-0.2, 0) is 19.5 Å². The molecule has 0 fully saturated rings. The summed E-state index contributed by atoms with van der Waals surface area (Å²) < 4.78 is 12.5. The van der Waals surface area contributed by atoms with Gasteiger partial charge in [0.25, 0.3) is 0 Å².